The van der Waals surface area contributed by atoms with Crippen LogP contribution in [0.4, 0.5) is 0 Å². The summed E-state index contributed by atoms with van der Waals surface area (Å²) >= 11 is 0. The molecule has 1 aliphatic rings. The maximum atomic E-state index is 12.4. The van der Waals surface area contributed by atoms with Crippen LogP contribution in [0.1, 0.15) is 10.4 Å². The van der Waals surface area contributed by atoms with E-state index in [1.54, 1.807) is 43.6 Å². The van der Waals surface area contributed by atoms with Gasteiger partial charge < -0.3 is 14.8 Å². The number of carbonyl (C=O) groups is 1. The summed E-state index contributed by atoms with van der Waals surface area (Å²) in [6, 6.07) is 10.1. The number of methoxy groups -OCH3 is 1. The van der Waals surface area contributed by atoms with Crippen molar-refractivity contribution in [1.29, 1.82) is 0 Å². The predicted octanol–water partition coefficient (Wildman–Crippen LogP) is 0.908. The number of benzene rings is 1. The first-order chi connectivity index (χ1) is 12.7. The van der Waals surface area contributed by atoms with Crippen LogP contribution in [0.25, 0.3) is 5.69 Å². The van der Waals surface area contributed by atoms with Gasteiger partial charge in [-0.1, -0.05) is 0 Å². The molecule has 0 aliphatic carbocycles. The summed E-state index contributed by atoms with van der Waals surface area (Å²) in [4.78, 5) is 26.8. The van der Waals surface area contributed by atoms with Crippen LogP contribution >= 0.6 is 0 Å². The Morgan fingerprint density at radius 2 is 1.88 bits per heavy atom. The van der Waals surface area contributed by atoms with Gasteiger partial charge in [-0.25, -0.2) is 0 Å². The predicted molar refractivity (Wildman–Crippen MR) is 98.2 cm³/mol. The number of hydrogen-bond acceptors (Lipinski definition) is 5. The molecule has 7 heteroatoms. The summed E-state index contributed by atoms with van der Waals surface area (Å²) in [5.41, 5.74) is 0.932. The Morgan fingerprint density at radius 3 is 2.58 bits per heavy atom. The summed E-state index contributed by atoms with van der Waals surface area (Å²) in [6.45, 7) is 4.59. The molecule has 1 aromatic carbocycles. The third kappa shape index (κ3) is 4.50. The lowest BCUT2D eigenvalue weighted by Gasteiger charge is -2.26. The molecule has 2 heterocycles. The molecule has 0 atom stereocenters. The smallest absolute Gasteiger partial charge is 0.255 e. The number of nitrogens with one attached hydrogen (secondary N) is 1. The Balaban J connectivity index is 1.65. The third-order valence-electron chi connectivity index (χ3n) is 4.34. The zero-order chi connectivity index (χ0) is 18.4. The van der Waals surface area contributed by atoms with Crippen LogP contribution in [0.15, 0.2) is 47.4 Å². The van der Waals surface area contributed by atoms with Gasteiger partial charge in [-0.05, 0) is 30.3 Å². The molecule has 3 rings (SSSR count). The molecule has 2 aromatic rings. The molecule has 7 nitrogen and oxygen atoms in total. The standard InChI is InChI=1S/C19H23N3O4/c1-25-17-5-3-16(4-6-17)22-14-15(2-7-18(22)23)19(24)20-8-9-21-10-12-26-13-11-21/h2-7,14H,8-13H2,1H3,(H,20,24). The van der Waals surface area contributed by atoms with Gasteiger partial charge in [-0.3, -0.25) is 19.1 Å². The van der Waals surface area contributed by atoms with Crippen LogP contribution in [0.3, 0.4) is 0 Å². The molecule has 1 fully saturated rings. The number of morpholine rings is 1. The van der Waals surface area contributed by atoms with Gasteiger partial charge in [0, 0.05) is 44.1 Å². The number of hydrogen-bond donors (Lipinski definition) is 1. The zero-order valence-corrected chi connectivity index (χ0v) is 14.8. The van der Waals surface area contributed by atoms with E-state index in [-0.39, 0.29) is 11.5 Å². The van der Waals surface area contributed by atoms with Crippen molar-refractivity contribution in [2.45, 2.75) is 0 Å². The number of amides is 1. The van der Waals surface area contributed by atoms with Gasteiger partial charge in [0.25, 0.3) is 11.5 Å². The highest BCUT2D eigenvalue weighted by molar-refractivity contribution is 5.93. The Morgan fingerprint density at radius 1 is 1.15 bits per heavy atom. The minimum absolute atomic E-state index is 0.194. The fourth-order valence-corrected chi connectivity index (χ4v) is 2.82. The van der Waals surface area contributed by atoms with E-state index in [0.717, 1.165) is 32.8 Å². The Bertz CT molecular complexity index is 795. The quantitative estimate of drug-likeness (QED) is 0.832. The second kappa shape index (κ2) is 8.64. The van der Waals surface area contributed by atoms with Crippen LogP contribution in [-0.2, 0) is 4.74 Å². The molecular weight excluding hydrogens is 334 g/mol. The van der Waals surface area contributed by atoms with Crippen molar-refractivity contribution < 1.29 is 14.3 Å². The summed E-state index contributed by atoms with van der Waals surface area (Å²) in [7, 11) is 1.59. The lowest BCUT2D eigenvalue weighted by Crippen LogP contribution is -2.41. The highest BCUT2D eigenvalue weighted by Gasteiger charge is 2.12. The van der Waals surface area contributed by atoms with Crippen molar-refractivity contribution in [2.75, 3.05) is 46.5 Å². The van der Waals surface area contributed by atoms with Gasteiger partial charge in [0.2, 0.25) is 0 Å². The van der Waals surface area contributed by atoms with E-state index in [1.165, 1.54) is 10.6 Å². The average molecular weight is 357 g/mol. The fraction of sp³-hybridized carbons (Fsp3) is 0.368. The summed E-state index contributed by atoms with van der Waals surface area (Å²) in [6.07, 6.45) is 1.56. The third-order valence-corrected chi connectivity index (χ3v) is 4.34. The highest BCUT2D eigenvalue weighted by Crippen LogP contribution is 2.14. The van der Waals surface area contributed by atoms with E-state index in [2.05, 4.69) is 10.2 Å². The monoisotopic (exact) mass is 357 g/mol. The van der Waals surface area contributed by atoms with Gasteiger partial charge in [-0.15, -0.1) is 0 Å². The second-order valence-corrected chi connectivity index (χ2v) is 6.03. The van der Waals surface area contributed by atoms with Crippen molar-refractivity contribution in [2.24, 2.45) is 0 Å². The number of nitrogens with zero attached hydrogens (tertiary/aromatic N) is 2. The summed E-state index contributed by atoms with van der Waals surface area (Å²) < 4.78 is 11.9. The molecule has 1 N–H and O–H groups in total. The number of ether oxygens (including phenoxy) is 2. The van der Waals surface area contributed by atoms with Crippen molar-refractivity contribution in [3.63, 3.8) is 0 Å². The minimum atomic E-state index is -0.194. The van der Waals surface area contributed by atoms with Gasteiger partial charge in [0.1, 0.15) is 5.75 Å². The Hall–Kier alpha value is -2.64. The Labute approximate surface area is 152 Å². The van der Waals surface area contributed by atoms with E-state index in [0.29, 0.717) is 23.5 Å². The summed E-state index contributed by atoms with van der Waals surface area (Å²) in [5.74, 6) is 0.513. The van der Waals surface area contributed by atoms with Crippen molar-refractivity contribution in [3.8, 4) is 11.4 Å². The van der Waals surface area contributed by atoms with Crippen LogP contribution in [0.5, 0.6) is 5.75 Å². The topological polar surface area (TPSA) is 72.8 Å². The Kier molecular flexibility index (Phi) is 6.04. The summed E-state index contributed by atoms with van der Waals surface area (Å²) in [5, 5.41) is 2.91. The average Bonchev–Trinajstić information content (AvgIpc) is 2.69. The van der Waals surface area contributed by atoms with Crippen LogP contribution in [-0.4, -0.2) is 61.9 Å². The van der Waals surface area contributed by atoms with Crippen molar-refractivity contribution >= 4 is 5.91 Å². The first-order valence-electron chi connectivity index (χ1n) is 8.63. The minimum Gasteiger partial charge on any atom is -0.497 e. The molecular formula is C19H23N3O4. The normalized spacial score (nSPS) is 14.8. The molecule has 0 spiro atoms. The second-order valence-electron chi connectivity index (χ2n) is 6.03. The van der Waals surface area contributed by atoms with Crippen LogP contribution in [0.2, 0.25) is 0 Å². The van der Waals surface area contributed by atoms with Crippen LogP contribution < -0.4 is 15.6 Å². The molecule has 1 aliphatic heterocycles. The molecule has 1 saturated heterocycles. The lowest BCUT2D eigenvalue weighted by molar-refractivity contribution is 0.0383. The van der Waals surface area contributed by atoms with Crippen molar-refractivity contribution in [3.05, 3.63) is 58.5 Å². The van der Waals surface area contributed by atoms with Gasteiger partial charge in [-0.2, -0.15) is 0 Å². The highest BCUT2D eigenvalue weighted by atomic mass is 16.5. The van der Waals surface area contributed by atoms with Crippen LogP contribution in [0, 0.1) is 0 Å². The lowest BCUT2D eigenvalue weighted by atomic mass is 10.2. The number of carbonyl (C=O) groups excluding carboxylic acids is 1. The maximum absolute atomic E-state index is 12.4. The van der Waals surface area contributed by atoms with Crippen molar-refractivity contribution in [1.82, 2.24) is 14.8 Å². The van der Waals surface area contributed by atoms with Gasteiger partial charge in [0.05, 0.1) is 25.9 Å². The maximum Gasteiger partial charge on any atom is 0.255 e. The fourth-order valence-electron chi connectivity index (χ4n) is 2.82. The molecule has 138 valence electrons. The molecule has 1 amide bonds. The van der Waals surface area contributed by atoms with Gasteiger partial charge >= 0.3 is 0 Å². The van der Waals surface area contributed by atoms with E-state index in [9.17, 15) is 9.59 Å². The van der Waals surface area contributed by atoms with E-state index in [4.69, 9.17) is 9.47 Å². The molecule has 0 saturated carbocycles. The number of pyridine rings is 1. The first-order valence-corrected chi connectivity index (χ1v) is 8.63. The molecule has 0 radical (unpaired) electrons. The number of aromatic nitrogens is 1. The van der Waals surface area contributed by atoms with Gasteiger partial charge in [0.15, 0.2) is 0 Å². The van der Waals surface area contributed by atoms with E-state index < -0.39 is 0 Å². The molecule has 1 aromatic heterocycles. The molecule has 0 unspecified atom stereocenters. The molecule has 26 heavy (non-hydrogen) atoms. The SMILES string of the molecule is COc1ccc(-n2cc(C(=O)NCCN3CCOCC3)ccc2=O)cc1. The largest absolute Gasteiger partial charge is 0.497 e. The number of rotatable bonds is 6. The van der Waals surface area contributed by atoms with E-state index in [1.807, 2.05) is 0 Å². The zero-order valence-electron chi connectivity index (χ0n) is 14.8. The molecule has 0 bridgehead atoms. The van der Waals surface area contributed by atoms with E-state index >= 15 is 0 Å². The first kappa shape index (κ1) is 18.2.